The molecule has 0 radical (unpaired) electrons. The van der Waals surface area contributed by atoms with Crippen molar-refractivity contribution in [2.24, 2.45) is 5.73 Å². The second kappa shape index (κ2) is 5.98. The zero-order valence-electron chi connectivity index (χ0n) is 9.70. The van der Waals surface area contributed by atoms with Crippen molar-refractivity contribution in [2.75, 3.05) is 6.54 Å². The molecule has 0 aliphatic rings. The molecule has 2 N–H and O–H groups in total. The lowest BCUT2D eigenvalue weighted by Gasteiger charge is -2.08. The molecule has 2 aromatic carbocycles. The minimum atomic E-state index is -0.374. The van der Waals surface area contributed by atoms with Gasteiger partial charge in [0.15, 0.2) is 11.6 Å². The molecular formula is C14H13BrFNO. The summed E-state index contributed by atoms with van der Waals surface area (Å²) in [6.07, 6.45) is 0.661. The Morgan fingerprint density at radius 2 is 2.00 bits per heavy atom. The summed E-state index contributed by atoms with van der Waals surface area (Å²) < 4.78 is 20.2. The van der Waals surface area contributed by atoms with Crippen molar-refractivity contribution in [1.82, 2.24) is 0 Å². The Morgan fingerprint density at radius 3 is 2.67 bits per heavy atom. The van der Waals surface area contributed by atoms with E-state index in [9.17, 15) is 4.39 Å². The maximum absolute atomic E-state index is 13.8. The highest BCUT2D eigenvalue weighted by molar-refractivity contribution is 9.10. The molecule has 2 aromatic rings. The van der Waals surface area contributed by atoms with Crippen molar-refractivity contribution in [3.8, 4) is 11.5 Å². The van der Waals surface area contributed by atoms with Gasteiger partial charge in [-0.05, 0) is 48.9 Å². The first-order valence-corrected chi connectivity index (χ1v) is 6.40. The van der Waals surface area contributed by atoms with Crippen LogP contribution in [0.25, 0.3) is 0 Å². The van der Waals surface area contributed by atoms with Crippen molar-refractivity contribution >= 4 is 15.9 Å². The molecule has 0 heterocycles. The number of hydrogen-bond acceptors (Lipinski definition) is 2. The van der Waals surface area contributed by atoms with Gasteiger partial charge in [0.2, 0.25) is 0 Å². The van der Waals surface area contributed by atoms with Gasteiger partial charge in [-0.3, -0.25) is 0 Å². The van der Waals surface area contributed by atoms with Crippen LogP contribution in [-0.2, 0) is 6.42 Å². The van der Waals surface area contributed by atoms with Crippen LogP contribution in [0, 0.1) is 5.82 Å². The number of nitrogens with two attached hydrogens (primary N) is 1. The quantitative estimate of drug-likeness (QED) is 0.930. The molecular weight excluding hydrogens is 297 g/mol. The lowest BCUT2D eigenvalue weighted by molar-refractivity contribution is 0.441. The molecule has 0 atom stereocenters. The van der Waals surface area contributed by atoms with E-state index in [1.54, 1.807) is 18.2 Å². The average Bonchev–Trinajstić information content (AvgIpc) is 2.33. The third-order valence-electron chi connectivity index (χ3n) is 2.45. The molecule has 0 spiro atoms. The van der Waals surface area contributed by atoms with E-state index in [2.05, 4.69) is 15.9 Å². The van der Waals surface area contributed by atoms with E-state index in [4.69, 9.17) is 10.5 Å². The van der Waals surface area contributed by atoms with Crippen molar-refractivity contribution in [2.45, 2.75) is 6.42 Å². The van der Waals surface area contributed by atoms with Gasteiger partial charge in [0.25, 0.3) is 0 Å². The van der Waals surface area contributed by atoms with Crippen LogP contribution in [0.1, 0.15) is 5.56 Å². The first kappa shape index (κ1) is 13.1. The molecule has 0 aromatic heterocycles. The van der Waals surface area contributed by atoms with Crippen LogP contribution in [0.3, 0.4) is 0 Å². The van der Waals surface area contributed by atoms with E-state index in [1.165, 1.54) is 6.07 Å². The van der Waals surface area contributed by atoms with Crippen molar-refractivity contribution in [1.29, 1.82) is 0 Å². The van der Waals surface area contributed by atoms with Crippen molar-refractivity contribution in [3.05, 3.63) is 58.3 Å². The van der Waals surface area contributed by atoms with Gasteiger partial charge < -0.3 is 10.5 Å². The first-order valence-electron chi connectivity index (χ1n) is 5.61. The predicted molar refractivity (Wildman–Crippen MR) is 73.4 cm³/mol. The van der Waals surface area contributed by atoms with Gasteiger partial charge in [-0.15, -0.1) is 0 Å². The molecule has 0 saturated heterocycles. The lowest BCUT2D eigenvalue weighted by atomic mass is 10.1. The third kappa shape index (κ3) is 3.31. The molecule has 0 bridgehead atoms. The molecule has 0 saturated carbocycles. The van der Waals surface area contributed by atoms with Crippen molar-refractivity contribution in [3.63, 3.8) is 0 Å². The maximum atomic E-state index is 13.8. The van der Waals surface area contributed by atoms with E-state index >= 15 is 0 Å². The fraction of sp³-hybridized carbons (Fsp3) is 0.143. The predicted octanol–water partition coefficient (Wildman–Crippen LogP) is 3.88. The largest absolute Gasteiger partial charge is 0.454 e. The Balaban J connectivity index is 2.19. The second-order valence-electron chi connectivity index (χ2n) is 3.86. The van der Waals surface area contributed by atoms with Gasteiger partial charge in [0.05, 0.1) is 0 Å². The highest BCUT2D eigenvalue weighted by Crippen LogP contribution is 2.27. The van der Waals surface area contributed by atoms with Crippen LogP contribution in [0.15, 0.2) is 46.9 Å². The van der Waals surface area contributed by atoms with Crippen LogP contribution in [0.4, 0.5) is 4.39 Å². The topological polar surface area (TPSA) is 35.2 Å². The first-order chi connectivity index (χ1) is 8.69. The molecule has 4 heteroatoms. The molecule has 94 valence electrons. The fourth-order valence-electron chi connectivity index (χ4n) is 1.61. The minimum absolute atomic E-state index is 0.217. The average molecular weight is 310 g/mol. The molecule has 2 rings (SSSR count). The monoisotopic (exact) mass is 309 g/mol. The minimum Gasteiger partial charge on any atom is -0.454 e. The number of halogens is 2. The van der Waals surface area contributed by atoms with Gasteiger partial charge in [-0.25, -0.2) is 4.39 Å². The Kier molecular flexibility index (Phi) is 4.33. The molecule has 18 heavy (non-hydrogen) atoms. The molecule has 2 nitrogen and oxygen atoms in total. The van der Waals surface area contributed by atoms with Crippen LogP contribution in [0.2, 0.25) is 0 Å². The highest BCUT2D eigenvalue weighted by atomic mass is 79.9. The zero-order valence-corrected chi connectivity index (χ0v) is 11.3. The van der Waals surface area contributed by atoms with E-state index in [0.29, 0.717) is 18.7 Å². The van der Waals surface area contributed by atoms with Gasteiger partial charge >= 0.3 is 0 Å². The third-order valence-corrected chi connectivity index (χ3v) is 2.95. The number of hydrogen-bond donors (Lipinski definition) is 1. The smallest absolute Gasteiger partial charge is 0.165 e. The van der Waals surface area contributed by atoms with E-state index in [1.807, 2.05) is 18.2 Å². The maximum Gasteiger partial charge on any atom is 0.165 e. The van der Waals surface area contributed by atoms with Crippen LogP contribution in [0.5, 0.6) is 11.5 Å². The van der Waals surface area contributed by atoms with Crippen LogP contribution >= 0.6 is 15.9 Å². The summed E-state index contributed by atoms with van der Waals surface area (Å²) in [5, 5.41) is 0. The molecule has 0 aliphatic carbocycles. The standard InChI is InChI=1S/C14H13BrFNO/c15-11-2-1-3-12(9-11)18-14-5-4-10(6-7-17)8-13(14)16/h1-5,8-9H,6-7,17H2. The molecule has 0 fully saturated rings. The summed E-state index contributed by atoms with van der Waals surface area (Å²) in [7, 11) is 0. The normalized spacial score (nSPS) is 10.4. The fourth-order valence-corrected chi connectivity index (χ4v) is 1.98. The van der Waals surface area contributed by atoms with Gasteiger partial charge in [0.1, 0.15) is 5.75 Å². The Bertz CT molecular complexity index is 545. The van der Waals surface area contributed by atoms with E-state index in [-0.39, 0.29) is 11.6 Å². The van der Waals surface area contributed by atoms with Gasteiger partial charge in [-0.1, -0.05) is 28.1 Å². The van der Waals surface area contributed by atoms with E-state index in [0.717, 1.165) is 10.0 Å². The Labute approximate surface area is 114 Å². The number of rotatable bonds is 4. The van der Waals surface area contributed by atoms with Gasteiger partial charge in [-0.2, -0.15) is 0 Å². The summed E-state index contributed by atoms with van der Waals surface area (Å²) in [5.41, 5.74) is 6.30. The SMILES string of the molecule is NCCc1ccc(Oc2cccc(Br)c2)c(F)c1. The number of ether oxygens (including phenoxy) is 1. The second-order valence-corrected chi connectivity index (χ2v) is 4.78. The highest BCUT2D eigenvalue weighted by Gasteiger charge is 2.06. The summed E-state index contributed by atoms with van der Waals surface area (Å²) >= 11 is 3.34. The lowest BCUT2D eigenvalue weighted by Crippen LogP contribution is -2.03. The van der Waals surface area contributed by atoms with Crippen LogP contribution < -0.4 is 10.5 Å². The summed E-state index contributed by atoms with van der Waals surface area (Å²) in [4.78, 5) is 0. The summed E-state index contributed by atoms with van der Waals surface area (Å²) in [6.45, 7) is 0.505. The molecule has 0 unspecified atom stereocenters. The van der Waals surface area contributed by atoms with Gasteiger partial charge in [0, 0.05) is 4.47 Å². The Hall–Kier alpha value is -1.39. The Morgan fingerprint density at radius 1 is 1.17 bits per heavy atom. The number of benzene rings is 2. The summed E-state index contributed by atoms with van der Waals surface area (Å²) in [6, 6.07) is 12.2. The zero-order chi connectivity index (χ0) is 13.0. The summed E-state index contributed by atoms with van der Waals surface area (Å²) in [5.74, 6) is 0.435. The molecule has 0 amide bonds. The van der Waals surface area contributed by atoms with E-state index < -0.39 is 0 Å². The van der Waals surface area contributed by atoms with Crippen LogP contribution in [-0.4, -0.2) is 6.54 Å². The molecule has 0 aliphatic heterocycles. The van der Waals surface area contributed by atoms with Crippen molar-refractivity contribution < 1.29 is 9.13 Å².